The lowest BCUT2D eigenvalue weighted by molar-refractivity contribution is 0.0595. The van der Waals surface area contributed by atoms with Gasteiger partial charge >= 0.3 is 5.97 Å². The number of carbonyl (C=O) groups is 1. The van der Waals surface area contributed by atoms with Gasteiger partial charge in [0.15, 0.2) is 5.82 Å². The van der Waals surface area contributed by atoms with Crippen LogP contribution < -0.4 is 10.5 Å². The minimum Gasteiger partial charge on any atom is -0.493 e. The number of rotatable bonds is 5. The second-order valence-corrected chi connectivity index (χ2v) is 4.93. The fraction of sp³-hybridized carbons (Fsp3) is 0.357. The summed E-state index contributed by atoms with van der Waals surface area (Å²) in [6, 6.07) is 7.22. The van der Waals surface area contributed by atoms with Gasteiger partial charge in [-0.05, 0) is 30.2 Å². The molecule has 7 nitrogen and oxygen atoms in total. The summed E-state index contributed by atoms with van der Waals surface area (Å²) in [7, 11) is 1.27. The zero-order chi connectivity index (χ0) is 15.4. The highest BCUT2D eigenvalue weighted by Crippen LogP contribution is 2.19. The molecule has 112 valence electrons. The van der Waals surface area contributed by atoms with Gasteiger partial charge < -0.3 is 15.2 Å². The van der Waals surface area contributed by atoms with Gasteiger partial charge in [-0.25, -0.2) is 4.79 Å². The maximum absolute atomic E-state index is 11.4. The number of ether oxygens (including phenoxy) is 2. The topological polar surface area (TPSA) is 92.3 Å². The van der Waals surface area contributed by atoms with Gasteiger partial charge in [0.1, 0.15) is 5.75 Å². The van der Waals surface area contributed by atoms with E-state index in [0.29, 0.717) is 18.2 Å². The third-order valence-corrected chi connectivity index (χ3v) is 2.75. The van der Waals surface area contributed by atoms with Gasteiger partial charge in [-0.3, -0.25) is 0 Å². The fourth-order valence-electron chi connectivity index (χ4n) is 1.67. The number of nitrogens with zero attached hydrogens (tertiary/aromatic N) is 3. The van der Waals surface area contributed by atoms with E-state index in [4.69, 9.17) is 10.5 Å². The minimum atomic E-state index is -0.615. The average molecular weight is 290 g/mol. The van der Waals surface area contributed by atoms with Gasteiger partial charge in [-0.15, -0.1) is 5.10 Å². The van der Waals surface area contributed by atoms with Crippen LogP contribution in [-0.4, -0.2) is 34.7 Å². The highest BCUT2D eigenvalue weighted by Gasteiger charge is 2.18. The Bertz CT molecular complexity index is 620. The Balaban J connectivity index is 2.19. The lowest BCUT2D eigenvalue weighted by Gasteiger charge is -2.09. The van der Waals surface area contributed by atoms with E-state index < -0.39 is 5.97 Å². The van der Waals surface area contributed by atoms with Crippen molar-refractivity contribution in [3.8, 4) is 11.4 Å². The number of anilines is 1. The number of methoxy groups -OCH3 is 1. The number of nitrogens with two attached hydrogens (primary N) is 1. The molecule has 0 amide bonds. The average Bonchev–Trinajstić information content (AvgIpc) is 2.86. The van der Waals surface area contributed by atoms with E-state index in [1.54, 1.807) is 12.1 Å². The molecule has 0 spiro atoms. The Morgan fingerprint density at radius 1 is 1.33 bits per heavy atom. The number of carbonyl (C=O) groups excluding carboxylic acids is 1. The lowest BCUT2D eigenvalue weighted by atomic mass is 10.2. The van der Waals surface area contributed by atoms with E-state index in [1.165, 1.54) is 11.8 Å². The smallest absolute Gasteiger partial charge is 0.362 e. The van der Waals surface area contributed by atoms with Crippen molar-refractivity contribution in [2.24, 2.45) is 5.92 Å². The third-order valence-electron chi connectivity index (χ3n) is 2.75. The minimum absolute atomic E-state index is 0.00219. The fourth-order valence-corrected chi connectivity index (χ4v) is 1.67. The first kappa shape index (κ1) is 14.8. The van der Waals surface area contributed by atoms with Crippen LogP contribution in [0.2, 0.25) is 0 Å². The molecular weight excluding hydrogens is 272 g/mol. The summed E-state index contributed by atoms with van der Waals surface area (Å²) in [6.07, 6.45) is 0. The molecule has 0 fully saturated rings. The number of hydrogen-bond donors (Lipinski definition) is 1. The Morgan fingerprint density at radius 2 is 2.00 bits per heavy atom. The number of benzene rings is 1. The molecule has 0 saturated carbocycles. The van der Waals surface area contributed by atoms with Crippen LogP contribution in [0.5, 0.6) is 5.75 Å². The van der Waals surface area contributed by atoms with Gasteiger partial charge in [0.25, 0.3) is 0 Å². The standard InChI is InChI=1S/C14H18N4O3/c1-9(2)8-21-11-6-4-10(5-7-11)18-13(15)12(16-17-18)14(19)20-3/h4-7,9H,8,15H2,1-3H3. The Labute approximate surface area is 122 Å². The highest BCUT2D eigenvalue weighted by molar-refractivity contribution is 5.92. The molecule has 1 aromatic heterocycles. The second-order valence-electron chi connectivity index (χ2n) is 4.93. The maximum atomic E-state index is 11.4. The normalized spacial score (nSPS) is 10.7. The Hall–Kier alpha value is -2.57. The van der Waals surface area contributed by atoms with Crippen molar-refractivity contribution in [2.45, 2.75) is 13.8 Å². The predicted molar refractivity (Wildman–Crippen MR) is 77.4 cm³/mol. The summed E-state index contributed by atoms with van der Waals surface area (Å²) in [5.41, 5.74) is 6.54. The molecule has 7 heteroatoms. The van der Waals surface area contributed by atoms with E-state index in [0.717, 1.165) is 5.75 Å². The zero-order valence-corrected chi connectivity index (χ0v) is 12.2. The molecule has 0 saturated heterocycles. The molecule has 1 aromatic carbocycles. The lowest BCUT2D eigenvalue weighted by Crippen LogP contribution is -2.08. The van der Waals surface area contributed by atoms with E-state index in [1.807, 2.05) is 12.1 Å². The van der Waals surface area contributed by atoms with Crippen molar-refractivity contribution in [2.75, 3.05) is 19.5 Å². The first-order chi connectivity index (χ1) is 10.0. The molecule has 21 heavy (non-hydrogen) atoms. The number of nitrogen functional groups attached to an aromatic ring is 1. The Kier molecular flexibility index (Phi) is 4.42. The third kappa shape index (κ3) is 3.31. The molecular formula is C14H18N4O3. The largest absolute Gasteiger partial charge is 0.493 e. The van der Waals surface area contributed by atoms with Crippen molar-refractivity contribution in [3.63, 3.8) is 0 Å². The van der Waals surface area contributed by atoms with Gasteiger partial charge in [0.05, 0.1) is 19.4 Å². The number of esters is 1. The molecule has 2 aromatic rings. The van der Waals surface area contributed by atoms with E-state index in [2.05, 4.69) is 28.9 Å². The zero-order valence-electron chi connectivity index (χ0n) is 12.2. The molecule has 0 aliphatic rings. The van der Waals surface area contributed by atoms with Crippen LogP contribution >= 0.6 is 0 Å². The van der Waals surface area contributed by atoms with E-state index in [-0.39, 0.29) is 11.5 Å². The van der Waals surface area contributed by atoms with Crippen molar-refractivity contribution in [3.05, 3.63) is 30.0 Å². The molecule has 0 aliphatic heterocycles. The summed E-state index contributed by atoms with van der Waals surface area (Å²) < 4.78 is 11.6. The van der Waals surface area contributed by atoms with Crippen LogP contribution in [0, 0.1) is 5.92 Å². The van der Waals surface area contributed by atoms with Crippen LogP contribution in [0.15, 0.2) is 24.3 Å². The van der Waals surface area contributed by atoms with Gasteiger partial charge in [-0.1, -0.05) is 19.1 Å². The molecule has 0 radical (unpaired) electrons. The highest BCUT2D eigenvalue weighted by atomic mass is 16.5. The molecule has 0 bridgehead atoms. The quantitative estimate of drug-likeness (QED) is 0.842. The van der Waals surface area contributed by atoms with Crippen molar-refractivity contribution < 1.29 is 14.3 Å². The van der Waals surface area contributed by atoms with Crippen LogP contribution in [0.1, 0.15) is 24.3 Å². The van der Waals surface area contributed by atoms with Crippen molar-refractivity contribution >= 4 is 11.8 Å². The monoisotopic (exact) mass is 290 g/mol. The molecule has 0 unspecified atom stereocenters. The predicted octanol–water partition coefficient (Wildman–Crippen LogP) is 1.67. The summed E-state index contributed by atoms with van der Waals surface area (Å²) >= 11 is 0. The summed E-state index contributed by atoms with van der Waals surface area (Å²) in [5.74, 6) is 0.742. The van der Waals surface area contributed by atoms with Gasteiger partial charge in [0.2, 0.25) is 5.69 Å². The first-order valence-electron chi connectivity index (χ1n) is 6.55. The van der Waals surface area contributed by atoms with E-state index >= 15 is 0 Å². The molecule has 1 heterocycles. The number of aromatic nitrogens is 3. The molecule has 2 N–H and O–H groups in total. The number of hydrogen-bond acceptors (Lipinski definition) is 6. The van der Waals surface area contributed by atoms with Crippen molar-refractivity contribution in [1.29, 1.82) is 0 Å². The van der Waals surface area contributed by atoms with Crippen LogP contribution in [-0.2, 0) is 4.74 Å². The van der Waals surface area contributed by atoms with Crippen LogP contribution in [0.3, 0.4) is 0 Å². The summed E-state index contributed by atoms with van der Waals surface area (Å²) in [6.45, 7) is 4.81. The molecule has 0 aliphatic carbocycles. The Morgan fingerprint density at radius 3 is 2.57 bits per heavy atom. The van der Waals surface area contributed by atoms with Gasteiger partial charge in [0, 0.05) is 0 Å². The SMILES string of the molecule is COC(=O)c1nnn(-c2ccc(OCC(C)C)cc2)c1N. The van der Waals surface area contributed by atoms with Crippen molar-refractivity contribution in [1.82, 2.24) is 15.0 Å². The summed E-state index contributed by atoms with van der Waals surface area (Å²) in [5, 5.41) is 7.59. The second kappa shape index (κ2) is 6.25. The first-order valence-corrected chi connectivity index (χ1v) is 6.55. The molecule has 2 rings (SSSR count). The van der Waals surface area contributed by atoms with E-state index in [9.17, 15) is 4.79 Å². The van der Waals surface area contributed by atoms with Gasteiger partial charge in [-0.2, -0.15) is 4.68 Å². The summed E-state index contributed by atoms with van der Waals surface area (Å²) in [4.78, 5) is 11.4. The molecule has 0 atom stereocenters. The van der Waals surface area contributed by atoms with Crippen LogP contribution in [0.25, 0.3) is 5.69 Å². The van der Waals surface area contributed by atoms with Crippen LogP contribution in [0.4, 0.5) is 5.82 Å². The maximum Gasteiger partial charge on any atom is 0.362 e.